The molecule has 1 saturated heterocycles. The standard InChI is InChI=1S/C8H13F3N2O/c9-8(10,11)3-5-13-7(14)6-2-1-4-12-6/h6,12H,1-5H2,(H,13,14). The van der Waals surface area contributed by atoms with E-state index in [1.54, 1.807) is 0 Å². The van der Waals surface area contributed by atoms with E-state index in [9.17, 15) is 18.0 Å². The third kappa shape index (κ3) is 3.95. The van der Waals surface area contributed by atoms with E-state index in [1.165, 1.54) is 0 Å². The molecule has 1 amide bonds. The number of alkyl halides is 3. The Morgan fingerprint density at radius 3 is 2.71 bits per heavy atom. The van der Waals surface area contributed by atoms with Crippen LogP contribution in [0.25, 0.3) is 0 Å². The summed E-state index contributed by atoms with van der Waals surface area (Å²) in [6, 6.07) is -0.303. The van der Waals surface area contributed by atoms with Crippen molar-refractivity contribution in [3.63, 3.8) is 0 Å². The van der Waals surface area contributed by atoms with Gasteiger partial charge in [-0.1, -0.05) is 0 Å². The molecule has 1 aliphatic rings. The lowest BCUT2D eigenvalue weighted by atomic mass is 10.2. The lowest BCUT2D eigenvalue weighted by Gasteiger charge is -2.11. The average molecular weight is 210 g/mol. The topological polar surface area (TPSA) is 41.1 Å². The molecule has 1 rings (SSSR count). The molecule has 0 aromatic rings. The smallest absolute Gasteiger partial charge is 0.354 e. The van der Waals surface area contributed by atoms with Crippen LogP contribution in [0.4, 0.5) is 13.2 Å². The predicted octanol–water partition coefficient (Wildman–Crippen LogP) is 0.807. The van der Waals surface area contributed by atoms with Crippen molar-refractivity contribution in [1.29, 1.82) is 0 Å². The maximum Gasteiger partial charge on any atom is 0.390 e. The molecule has 14 heavy (non-hydrogen) atoms. The Morgan fingerprint density at radius 1 is 1.50 bits per heavy atom. The minimum Gasteiger partial charge on any atom is -0.354 e. The van der Waals surface area contributed by atoms with E-state index in [4.69, 9.17) is 0 Å². The highest BCUT2D eigenvalue weighted by Crippen LogP contribution is 2.18. The van der Waals surface area contributed by atoms with Gasteiger partial charge in [-0.2, -0.15) is 13.2 Å². The first kappa shape index (κ1) is 11.3. The van der Waals surface area contributed by atoms with Gasteiger partial charge in [0.15, 0.2) is 0 Å². The quantitative estimate of drug-likeness (QED) is 0.723. The predicted molar refractivity (Wildman–Crippen MR) is 44.7 cm³/mol. The molecule has 82 valence electrons. The third-order valence-corrected chi connectivity index (χ3v) is 2.08. The van der Waals surface area contributed by atoms with Gasteiger partial charge in [0.2, 0.25) is 5.91 Å². The van der Waals surface area contributed by atoms with E-state index in [0.717, 1.165) is 13.0 Å². The Kier molecular flexibility index (Phi) is 3.74. The highest BCUT2D eigenvalue weighted by Gasteiger charge is 2.28. The molecule has 0 aliphatic carbocycles. The second kappa shape index (κ2) is 4.63. The summed E-state index contributed by atoms with van der Waals surface area (Å²) in [5.41, 5.74) is 0. The number of amides is 1. The van der Waals surface area contributed by atoms with E-state index in [2.05, 4.69) is 10.6 Å². The molecule has 1 aliphatic heterocycles. The average Bonchev–Trinajstić information content (AvgIpc) is 2.53. The monoisotopic (exact) mass is 210 g/mol. The Balaban J connectivity index is 2.15. The van der Waals surface area contributed by atoms with Crippen LogP contribution in [-0.2, 0) is 4.79 Å². The fourth-order valence-corrected chi connectivity index (χ4v) is 1.36. The van der Waals surface area contributed by atoms with Crippen molar-refractivity contribution in [2.75, 3.05) is 13.1 Å². The number of nitrogens with one attached hydrogen (secondary N) is 2. The zero-order chi connectivity index (χ0) is 10.6. The zero-order valence-electron chi connectivity index (χ0n) is 7.66. The van der Waals surface area contributed by atoms with E-state index in [1.807, 2.05) is 0 Å². The molecule has 0 spiro atoms. The van der Waals surface area contributed by atoms with Crippen molar-refractivity contribution in [3.8, 4) is 0 Å². The van der Waals surface area contributed by atoms with Crippen LogP contribution in [0.1, 0.15) is 19.3 Å². The van der Waals surface area contributed by atoms with Crippen molar-refractivity contribution in [2.45, 2.75) is 31.5 Å². The van der Waals surface area contributed by atoms with Gasteiger partial charge in [-0.05, 0) is 19.4 Å². The van der Waals surface area contributed by atoms with Crippen molar-refractivity contribution in [3.05, 3.63) is 0 Å². The minimum absolute atomic E-state index is 0.303. The van der Waals surface area contributed by atoms with Crippen LogP contribution in [0.2, 0.25) is 0 Å². The highest BCUT2D eigenvalue weighted by atomic mass is 19.4. The number of carbonyl (C=O) groups is 1. The Bertz CT molecular complexity index is 199. The summed E-state index contributed by atoms with van der Waals surface area (Å²) in [6.45, 7) is 0.428. The summed E-state index contributed by atoms with van der Waals surface area (Å²) >= 11 is 0. The van der Waals surface area contributed by atoms with Crippen LogP contribution in [-0.4, -0.2) is 31.2 Å². The number of hydrogen-bond acceptors (Lipinski definition) is 2. The fourth-order valence-electron chi connectivity index (χ4n) is 1.36. The molecular weight excluding hydrogens is 197 g/mol. The van der Waals surface area contributed by atoms with Gasteiger partial charge in [0.25, 0.3) is 0 Å². The minimum atomic E-state index is -4.20. The molecule has 1 atom stereocenters. The molecule has 0 radical (unpaired) electrons. The second-order valence-electron chi connectivity index (χ2n) is 3.31. The fraction of sp³-hybridized carbons (Fsp3) is 0.875. The molecule has 0 aromatic carbocycles. The number of carbonyl (C=O) groups excluding carboxylic acids is 1. The Hall–Kier alpha value is -0.780. The maximum absolute atomic E-state index is 11.7. The molecule has 1 fully saturated rings. The molecule has 0 aromatic heterocycles. The van der Waals surface area contributed by atoms with Crippen molar-refractivity contribution in [1.82, 2.24) is 10.6 Å². The normalized spacial score (nSPS) is 22.4. The van der Waals surface area contributed by atoms with Crippen LogP contribution in [0, 0.1) is 0 Å². The Labute approximate surface area is 80.0 Å². The van der Waals surface area contributed by atoms with Gasteiger partial charge < -0.3 is 10.6 Å². The lowest BCUT2D eigenvalue weighted by molar-refractivity contribution is -0.136. The van der Waals surface area contributed by atoms with Crippen LogP contribution in [0.3, 0.4) is 0 Å². The molecule has 2 N–H and O–H groups in total. The molecule has 1 heterocycles. The molecule has 0 bridgehead atoms. The summed E-state index contributed by atoms with van der Waals surface area (Å²) in [7, 11) is 0. The number of hydrogen-bond donors (Lipinski definition) is 2. The van der Waals surface area contributed by atoms with Gasteiger partial charge in [-0.25, -0.2) is 0 Å². The molecule has 6 heteroatoms. The van der Waals surface area contributed by atoms with Gasteiger partial charge in [-0.15, -0.1) is 0 Å². The van der Waals surface area contributed by atoms with Gasteiger partial charge in [-0.3, -0.25) is 4.79 Å². The molecule has 1 unspecified atom stereocenters. The van der Waals surface area contributed by atoms with Gasteiger partial charge >= 0.3 is 6.18 Å². The summed E-state index contributed by atoms with van der Waals surface area (Å²) in [5.74, 6) is -0.327. The van der Waals surface area contributed by atoms with E-state index < -0.39 is 12.6 Å². The zero-order valence-corrected chi connectivity index (χ0v) is 7.66. The van der Waals surface area contributed by atoms with E-state index in [0.29, 0.717) is 6.42 Å². The van der Waals surface area contributed by atoms with Gasteiger partial charge in [0, 0.05) is 6.54 Å². The van der Waals surface area contributed by atoms with Crippen molar-refractivity contribution < 1.29 is 18.0 Å². The van der Waals surface area contributed by atoms with Gasteiger partial charge in [0.05, 0.1) is 12.5 Å². The summed E-state index contributed by atoms with van der Waals surface area (Å²) in [5, 5.41) is 5.17. The lowest BCUT2D eigenvalue weighted by Crippen LogP contribution is -2.41. The molecule has 3 nitrogen and oxygen atoms in total. The first-order chi connectivity index (χ1) is 6.49. The van der Waals surface area contributed by atoms with Crippen LogP contribution >= 0.6 is 0 Å². The van der Waals surface area contributed by atoms with Crippen molar-refractivity contribution in [2.24, 2.45) is 0 Å². The molecular formula is C8H13F3N2O. The summed E-state index contributed by atoms with van der Waals surface area (Å²) < 4.78 is 35.1. The SMILES string of the molecule is O=C(NCCC(F)(F)F)C1CCCN1. The van der Waals surface area contributed by atoms with Crippen LogP contribution in [0.5, 0.6) is 0 Å². The summed E-state index contributed by atoms with van der Waals surface area (Å²) in [4.78, 5) is 11.2. The summed E-state index contributed by atoms with van der Waals surface area (Å²) in [6.07, 6.45) is -3.56. The van der Waals surface area contributed by atoms with Crippen LogP contribution < -0.4 is 10.6 Å². The van der Waals surface area contributed by atoms with Gasteiger partial charge in [0.1, 0.15) is 0 Å². The van der Waals surface area contributed by atoms with Crippen LogP contribution in [0.15, 0.2) is 0 Å². The molecule has 0 saturated carbocycles. The first-order valence-electron chi connectivity index (χ1n) is 4.57. The maximum atomic E-state index is 11.7. The number of rotatable bonds is 3. The second-order valence-corrected chi connectivity index (χ2v) is 3.31. The van der Waals surface area contributed by atoms with E-state index >= 15 is 0 Å². The number of halogens is 3. The van der Waals surface area contributed by atoms with E-state index in [-0.39, 0.29) is 18.5 Å². The van der Waals surface area contributed by atoms with Crippen molar-refractivity contribution >= 4 is 5.91 Å². The largest absolute Gasteiger partial charge is 0.390 e. The first-order valence-corrected chi connectivity index (χ1v) is 4.57. The highest BCUT2D eigenvalue weighted by molar-refractivity contribution is 5.81. The third-order valence-electron chi connectivity index (χ3n) is 2.08. The Morgan fingerprint density at radius 2 is 2.21 bits per heavy atom.